The van der Waals surface area contributed by atoms with Gasteiger partial charge in [0, 0.05) is 18.7 Å². The lowest BCUT2D eigenvalue weighted by atomic mass is 10.1. The average molecular weight is 265 g/mol. The molecule has 1 aliphatic rings. The van der Waals surface area contributed by atoms with Crippen LogP contribution in [-0.4, -0.2) is 25.3 Å². The summed E-state index contributed by atoms with van der Waals surface area (Å²) in [6, 6.07) is 4.04. The molecule has 1 saturated heterocycles. The largest absolute Gasteiger partial charge is 0.496 e. The predicted molar refractivity (Wildman–Crippen MR) is 76.8 cm³/mol. The molecule has 0 N–H and O–H groups in total. The summed E-state index contributed by atoms with van der Waals surface area (Å²) in [4.78, 5) is 13.8. The van der Waals surface area contributed by atoms with Gasteiger partial charge in [-0.05, 0) is 48.8 Å². The first-order chi connectivity index (χ1) is 8.56. The maximum Gasteiger partial charge on any atom is 0.227 e. The number of hydrogen-bond donors (Lipinski definition) is 1. The van der Waals surface area contributed by atoms with Gasteiger partial charge in [-0.2, -0.15) is 12.6 Å². The average Bonchev–Trinajstić information content (AvgIpc) is 2.70. The Labute approximate surface area is 114 Å². The molecular formula is C14H19NO2S. The standard InChI is InChI=1S/C14H19NO2S/c1-9-4-12(5-10(2)14(9)17-3)15-7-11(8-18)6-13(15)16/h4-5,11,18H,6-8H2,1-3H3. The number of anilines is 1. The van der Waals surface area contributed by atoms with E-state index < -0.39 is 0 Å². The second-order valence-electron chi connectivity index (χ2n) is 4.87. The second-order valence-corrected chi connectivity index (χ2v) is 5.24. The van der Waals surface area contributed by atoms with E-state index in [-0.39, 0.29) is 5.91 Å². The number of aryl methyl sites for hydroxylation is 2. The number of methoxy groups -OCH3 is 1. The lowest BCUT2D eigenvalue weighted by molar-refractivity contribution is -0.117. The van der Waals surface area contributed by atoms with Gasteiger partial charge in [0.05, 0.1) is 7.11 Å². The van der Waals surface area contributed by atoms with Crippen LogP contribution in [0, 0.1) is 19.8 Å². The molecule has 1 aromatic carbocycles. The third-order valence-corrected chi connectivity index (χ3v) is 3.94. The lowest BCUT2D eigenvalue weighted by Crippen LogP contribution is -2.24. The minimum Gasteiger partial charge on any atom is -0.496 e. The number of carbonyl (C=O) groups excluding carboxylic acids is 1. The minimum atomic E-state index is 0.193. The highest BCUT2D eigenvalue weighted by Gasteiger charge is 2.30. The Hall–Kier alpha value is -1.16. The Balaban J connectivity index is 2.32. The summed E-state index contributed by atoms with van der Waals surface area (Å²) in [5.41, 5.74) is 3.10. The summed E-state index contributed by atoms with van der Waals surface area (Å²) in [5, 5.41) is 0. The molecule has 0 aliphatic carbocycles. The molecule has 2 rings (SSSR count). The normalized spacial score (nSPS) is 19.4. The Bertz CT molecular complexity index is 450. The smallest absolute Gasteiger partial charge is 0.227 e. The molecule has 18 heavy (non-hydrogen) atoms. The van der Waals surface area contributed by atoms with Gasteiger partial charge in [-0.1, -0.05) is 0 Å². The summed E-state index contributed by atoms with van der Waals surface area (Å²) in [5.74, 6) is 2.22. The molecule has 4 heteroatoms. The van der Waals surface area contributed by atoms with Crippen LogP contribution >= 0.6 is 12.6 Å². The van der Waals surface area contributed by atoms with Crippen LogP contribution < -0.4 is 9.64 Å². The third kappa shape index (κ3) is 2.34. The maximum absolute atomic E-state index is 12.0. The van der Waals surface area contributed by atoms with E-state index in [2.05, 4.69) is 12.6 Å². The van der Waals surface area contributed by atoms with Gasteiger partial charge in [-0.25, -0.2) is 0 Å². The number of amides is 1. The van der Waals surface area contributed by atoms with Crippen molar-refractivity contribution in [3.05, 3.63) is 23.3 Å². The van der Waals surface area contributed by atoms with E-state index in [1.165, 1.54) is 0 Å². The summed E-state index contributed by atoms with van der Waals surface area (Å²) in [6.45, 7) is 4.78. The van der Waals surface area contributed by atoms with E-state index >= 15 is 0 Å². The lowest BCUT2D eigenvalue weighted by Gasteiger charge is -2.19. The van der Waals surface area contributed by atoms with Crippen molar-refractivity contribution in [3.63, 3.8) is 0 Å². The van der Waals surface area contributed by atoms with Crippen LogP contribution in [0.4, 0.5) is 5.69 Å². The molecule has 1 fully saturated rings. The van der Waals surface area contributed by atoms with Gasteiger partial charge in [-0.3, -0.25) is 4.79 Å². The molecule has 1 aliphatic heterocycles. The summed E-state index contributed by atoms with van der Waals surface area (Å²) in [6.07, 6.45) is 0.605. The summed E-state index contributed by atoms with van der Waals surface area (Å²) < 4.78 is 5.35. The van der Waals surface area contributed by atoms with Gasteiger partial charge in [-0.15, -0.1) is 0 Å². The number of ether oxygens (including phenoxy) is 1. The highest BCUT2D eigenvalue weighted by atomic mass is 32.1. The topological polar surface area (TPSA) is 29.5 Å². The predicted octanol–water partition coefficient (Wildman–Crippen LogP) is 2.59. The molecule has 3 nitrogen and oxygen atoms in total. The Kier molecular flexibility index (Phi) is 3.85. The fraction of sp³-hybridized carbons (Fsp3) is 0.500. The zero-order valence-corrected chi connectivity index (χ0v) is 12.0. The number of carbonyl (C=O) groups is 1. The van der Waals surface area contributed by atoms with Crippen molar-refractivity contribution < 1.29 is 9.53 Å². The van der Waals surface area contributed by atoms with Crippen LogP contribution in [0.15, 0.2) is 12.1 Å². The summed E-state index contributed by atoms with van der Waals surface area (Å²) >= 11 is 4.28. The molecule has 0 spiro atoms. The molecule has 0 saturated carbocycles. The van der Waals surface area contributed by atoms with Crippen molar-refractivity contribution in [3.8, 4) is 5.75 Å². The van der Waals surface area contributed by atoms with Crippen molar-refractivity contribution in [2.45, 2.75) is 20.3 Å². The van der Waals surface area contributed by atoms with E-state index in [0.717, 1.165) is 34.9 Å². The van der Waals surface area contributed by atoms with Crippen LogP contribution in [0.25, 0.3) is 0 Å². The van der Waals surface area contributed by atoms with Crippen LogP contribution in [-0.2, 0) is 4.79 Å². The first kappa shape index (κ1) is 13.3. The fourth-order valence-corrected chi connectivity index (χ4v) is 2.80. The van der Waals surface area contributed by atoms with Crippen molar-refractivity contribution in [1.82, 2.24) is 0 Å². The van der Waals surface area contributed by atoms with Gasteiger partial charge in [0.15, 0.2) is 0 Å². The van der Waals surface area contributed by atoms with Crippen molar-refractivity contribution in [2.24, 2.45) is 5.92 Å². The van der Waals surface area contributed by atoms with Gasteiger partial charge >= 0.3 is 0 Å². The number of hydrogen-bond acceptors (Lipinski definition) is 3. The van der Waals surface area contributed by atoms with Crippen LogP contribution in [0.5, 0.6) is 5.75 Å². The molecular weight excluding hydrogens is 246 g/mol. The van der Waals surface area contributed by atoms with E-state index in [9.17, 15) is 4.79 Å². The Morgan fingerprint density at radius 1 is 1.39 bits per heavy atom. The molecule has 1 unspecified atom stereocenters. The first-order valence-electron chi connectivity index (χ1n) is 6.13. The SMILES string of the molecule is COc1c(C)cc(N2CC(CS)CC2=O)cc1C. The second kappa shape index (κ2) is 5.22. The molecule has 0 aromatic heterocycles. The van der Waals surface area contributed by atoms with Gasteiger partial charge in [0.1, 0.15) is 5.75 Å². The van der Waals surface area contributed by atoms with Crippen molar-refractivity contribution in [2.75, 3.05) is 24.3 Å². The molecule has 0 radical (unpaired) electrons. The first-order valence-corrected chi connectivity index (χ1v) is 6.76. The van der Waals surface area contributed by atoms with E-state index in [4.69, 9.17) is 4.74 Å². The zero-order valence-electron chi connectivity index (χ0n) is 11.1. The third-order valence-electron chi connectivity index (χ3n) is 3.42. The van der Waals surface area contributed by atoms with Crippen molar-refractivity contribution in [1.29, 1.82) is 0 Å². The molecule has 1 amide bonds. The molecule has 0 bridgehead atoms. The van der Waals surface area contributed by atoms with Gasteiger partial charge in [0.25, 0.3) is 0 Å². The number of nitrogens with zero attached hydrogens (tertiary/aromatic N) is 1. The van der Waals surface area contributed by atoms with E-state index in [1.807, 2.05) is 30.9 Å². The van der Waals surface area contributed by atoms with Gasteiger partial charge < -0.3 is 9.64 Å². The molecule has 98 valence electrons. The van der Waals surface area contributed by atoms with Crippen LogP contribution in [0.1, 0.15) is 17.5 Å². The quantitative estimate of drug-likeness (QED) is 0.851. The molecule has 1 aromatic rings. The van der Waals surface area contributed by atoms with E-state index in [0.29, 0.717) is 12.3 Å². The minimum absolute atomic E-state index is 0.193. The number of thiol groups is 1. The Morgan fingerprint density at radius 3 is 2.44 bits per heavy atom. The summed E-state index contributed by atoms with van der Waals surface area (Å²) in [7, 11) is 1.67. The highest BCUT2D eigenvalue weighted by molar-refractivity contribution is 7.80. The zero-order chi connectivity index (χ0) is 13.3. The monoisotopic (exact) mass is 265 g/mol. The number of benzene rings is 1. The van der Waals surface area contributed by atoms with E-state index in [1.54, 1.807) is 7.11 Å². The highest BCUT2D eigenvalue weighted by Crippen LogP contribution is 2.32. The molecule has 1 heterocycles. The van der Waals surface area contributed by atoms with Crippen LogP contribution in [0.2, 0.25) is 0 Å². The van der Waals surface area contributed by atoms with Crippen LogP contribution in [0.3, 0.4) is 0 Å². The van der Waals surface area contributed by atoms with Gasteiger partial charge in [0.2, 0.25) is 5.91 Å². The Morgan fingerprint density at radius 2 is 2.00 bits per heavy atom. The molecule has 1 atom stereocenters. The number of rotatable bonds is 3. The maximum atomic E-state index is 12.0. The fourth-order valence-electron chi connectivity index (χ4n) is 2.56. The van der Waals surface area contributed by atoms with Crippen molar-refractivity contribution >= 4 is 24.2 Å².